The number of benzene rings is 2. The third-order valence-electron chi connectivity index (χ3n) is 4.48. The molecule has 0 radical (unpaired) electrons. The van der Waals surface area contributed by atoms with Crippen LogP contribution in [0.5, 0.6) is 17.2 Å². The molecule has 2 N–H and O–H groups in total. The lowest BCUT2D eigenvalue weighted by molar-refractivity contribution is 0.0277. The van der Waals surface area contributed by atoms with Crippen LogP contribution in [0.3, 0.4) is 0 Å². The summed E-state index contributed by atoms with van der Waals surface area (Å²) >= 11 is 0. The molecule has 0 saturated heterocycles. The molecule has 170 valence electrons. The van der Waals surface area contributed by atoms with Crippen LogP contribution in [-0.4, -0.2) is 50.6 Å². The van der Waals surface area contributed by atoms with Crippen molar-refractivity contribution in [3.8, 4) is 17.2 Å². The molecule has 0 aliphatic rings. The van der Waals surface area contributed by atoms with E-state index in [2.05, 4.69) is 5.32 Å². The lowest BCUT2D eigenvalue weighted by Gasteiger charge is -2.20. The van der Waals surface area contributed by atoms with Crippen molar-refractivity contribution in [3.05, 3.63) is 53.1 Å². The summed E-state index contributed by atoms with van der Waals surface area (Å²) in [5, 5.41) is 12.1. The fourth-order valence-electron chi connectivity index (χ4n) is 3.06. The van der Waals surface area contributed by atoms with Crippen molar-refractivity contribution in [2.24, 2.45) is 0 Å². The van der Waals surface area contributed by atoms with E-state index >= 15 is 0 Å². The van der Waals surface area contributed by atoms with Crippen LogP contribution in [0.4, 0.5) is 0 Å². The maximum atomic E-state index is 12.9. The Labute approximate surface area is 184 Å². The SMILES string of the molecule is CCOc1cc(C(=O)NCC(OCCO)c2ccc(C)cc2)cc(OCC)c1OCC. The first-order valence-electron chi connectivity index (χ1n) is 10.7. The zero-order valence-corrected chi connectivity index (χ0v) is 18.8. The number of aliphatic hydroxyl groups excluding tert-OH is 1. The van der Waals surface area contributed by atoms with Crippen molar-refractivity contribution in [2.75, 3.05) is 39.6 Å². The van der Waals surface area contributed by atoms with E-state index in [4.69, 9.17) is 24.1 Å². The van der Waals surface area contributed by atoms with Gasteiger partial charge in [0.2, 0.25) is 5.75 Å². The van der Waals surface area contributed by atoms with Crippen molar-refractivity contribution < 1.29 is 28.8 Å². The Kier molecular flexibility index (Phi) is 10.1. The van der Waals surface area contributed by atoms with E-state index in [0.717, 1.165) is 11.1 Å². The number of carbonyl (C=O) groups is 1. The van der Waals surface area contributed by atoms with Crippen LogP contribution in [0, 0.1) is 6.92 Å². The molecule has 0 bridgehead atoms. The summed E-state index contributed by atoms with van der Waals surface area (Å²) in [6.07, 6.45) is -0.378. The normalized spacial score (nSPS) is 11.6. The molecule has 7 nitrogen and oxygen atoms in total. The molecule has 31 heavy (non-hydrogen) atoms. The van der Waals surface area contributed by atoms with Crippen molar-refractivity contribution in [3.63, 3.8) is 0 Å². The van der Waals surface area contributed by atoms with Gasteiger partial charge in [0, 0.05) is 12.1 Å². The first-order valence-corrected chi connectivity index (χ1v) is 10.7. The van der Waals surface area contributed by atoms with Crippen molar-refractivity contribution in [1.29, 1.82) is 0 Å². The molecule has 0 saturated carbocycles. The maximum Gasteiger partial charge on any atom is 0.251 e. The molecule has 1 unspecified atom stereocenters. The van der Waals surface area contributed by atoms with Crippen LogP contribution in [0.15, 0.2) is 36.4 Å². The first-order chi connectivity index (χ1) is 15.0. The highest BCUT2D eigenvalue weighted by Gasteiger charge is 2.20. The van der Waals surface area contributed by atoms with Crippen LogP contribution >= 0.6 is 0 Å². The lowest BCUT2D eigenvalue weighted by atomic mass is 10.1. The molecular weight excluding hydrogens is 398 g/mol. The lowest BCUT2D eigenvalue weighted by Crippen LogP contribution is -2.30. The largest absolute Gasteiger partial charge is 0.490 e. The highest BCUT2D eigenvalue weighted by molar-refractivity contribution is 5.95. The molecule has 2 aromatic carbocycles. The number of hydrogen-bond donors (Lipinski definition) is 2. The van der Waals surface area contributed by atoms with Gasteiger partial charge in [-0.25, -0.2) is 0 Å². The van der Waals surface area contributed by atoms with E-state index in [1.54, 1.807) is 12.1 Å². The number of amides is 1. The van der Waals surface area contributed by atoms with E-state index in [9.17, 15) is 4.79 Å². The number of hydrogen-bond acceptors (Lipinski definition) is 6. The second-order valence-electron chi connectivity index (χ2n) is 6.80. The number of nitrogens with one attached hydrogen (secondary N) is 1. The van der Waals surface area contributed by atoms with Gasteiger partial charge in [-0.1, -0.05) is 29.8 Å². The summed E-state index contributed by atoms with van der Waals surface area (Å²) in [6, 6.07) is 11.2. The highest BCUT2D eigenvalue weighted by atomic mass is 16.5. The summed E-state index contributed by atoms with van der Waals surface area (Å²) in [5.41, 5.74) is 2.46. The first kappa shape index (κ1) is 24.5. The smallest absolute Gasteiger partial charge is 0.251 e. The molecule has 0 fully saturated rings. The molecule has 1 amide bonds. The second-order valence-corrected chi connectivity index (χ2v) is 6.80. The zero-order chi connectivity index (χ0) is 22.6. The number of aryl methyl sites for hydroxylation is 1. The van der Waals surface area contributed by atoms with Crippen molar-refractivity contribution in [1.82, 2.24) is 5.32 Å². The van der Waals surface area contributed by atoms with E-state index in [0.29, 0.717) is 42.6 Å². The zero-order valence-electron chi connectivity index (χ0n) is 18.8. The van der Waals surface area contributed by atoms with Gasteiger partial charge in [-0.2, -0.15) is 0 Å². The number of aliphatic hydroxyl groups is 1. The fraction of sp³-hybridized carbons (Fsp3) is 0.458. The van der Waals surface area contributed by atoms with Crippen LogP contribution in [0.1, 0.15) is 48.4 Å². The molecule has 2 aromatic rings. The van der Waals surface area contributed by atoms with E-state index < -0.39 is 0 Å². The average Bonchev–Trinajstić information content (AvgIpc) is 2.76. The predicted octanol–water partition coefficient (Wildman–Crippen LogP) is 3.67. The Balaban J connectivity index is 2.22. The summed E-state index contributed by atoms with van der Waals surface area (Å²) in [6.45, 7) is 9.28. The van der Waals surface area contributed by atoms with Gasteiger partial charge in [-0.15, -0.1) is 0 Å². The standard InChI is InChI=1S/C24H33NO6/c1-5-28-20-14-19(15-21(29-6-2)23(20)30-7-3)24(27)25-16-22(31-13-12-26)18-10-8-17(4)9-11-18/h8-11,14-15,22,26H,5-7,12-13,16H2,1-4H3,(H,25,27). The summed E-state index contributed by atoms with van der Waals surface area (Å²) in [4.78, 5) is 12.9. The molecule has 2 rings (SSSR count). The van der Waals surface area contributed by atoms with Crippen LogP contribution in [-0.2, 0) is 4.74 Å². The van der Waals surface area contributed by atoms with E-state index in [1.165, 1.54) is 0 Å². The van der Waals surface area contributed by atoms with Crippen LogP contribution in [0.2, 0.25) is 0 Å². The van der Waals surface area contributed by atoms with Crippen LogP contribution in [0.25, 0.3) is 0 Å². The molecular formula is C24H33NO6. The van der Waals surface area contributed by atoms with Crippen molar-refractivity contribution >= 4 is 5.91 Å². The monoisotopic (exact) mass is 431 g/mol. The highest BCUT2D eigenvalue weighted by Crippen LogP contribution is 2.39. The second kappa shape index (κ2) is 12.8. The van der Waals surface area contributed by atoms with Gasteiger partial charge in [-0.05, 0) is 45.4 Å². The van der Waals surface area contributed by atoms with Gasteiger partial charge < -0.3 is 29.4 Å². The Bertz CT molecular complexity index is 794. The minimum absolute atomic E-state index is 0.0926. The van der Waals surface area contributed by atoms with Crippen molar-refractivity contribution in [2.45, 2.75) is 33.8 Å². The minimum Gasteiger partial charge on any atom is -0.490 e. The summed E-state index contributed by atoms with van der Waals surface area (Å²) in [7, 11) is 0. The molecule has 7 heteroatoms. The molecule has 0 aromatic heterocycles. The number of ether oxygens (including phenoxy) is 4. The topological polar surface area (TPSA) is 86.3 Å². The van der Waals surface area contributed by atoms with Gasteiger partial charge >= 0.3 is 0 Å². The molecule has 1 atom stereocenters. The fourth-order valence-corrected chi connectivity index (χ4v) is 3.06. The quantitative estimate of drug-likeness (QED) is 0.503. The van der Waals surface area contributed by atoms with Gasteiger partial charge in [0.15, 0.2) is 11.5 Å². The molecule has 0 spiro atoms. The third kappa shape index (κ3) is 7.15. The Morgan fingerprint density at radius 2 is 1.55 bits per heavy atom. The number of carbonyl (C=O) groups excluding carboxylic acids is 1. The third-order valence-corrected chi connectivity index (χ3v) is 4.48. The Morgan fingerprint density at radius 1 is 0.968 bits per heavy atom. The van der Waals surface area contributed by atoms with Gasteiger partial charge in [-0.3, -0.25) is 4.79 Å². The Hall–Kier alpha value is -2.77. The molecule has 0 aliphatic heterocycles. The van der Waals surface area contributed by atoms with E-state index in [-0.39, 0.29) is 31.8 Å². The van der Waals surface area contributed by atoms with Gasteiger partial charge in [0.05, 0.1) is 39.1 Å². The predicted molar refractivity (Wildman–Crippen MR) is 119 cm³/mol. The Morgan fingerprint density at radius 3 is 2.06 bits per heavy atom. The molecule has 0 heterocycles. The van der Waals surface area contributed by atoms with Crippen LogP contribution < -0.4 is 19.5 Å². The number of rotatable bonds is 13. The average molecular weight is 432 g/mol. The maximum absolute atomic E-state index is 12.9. The molecule has 0 aliphatic carbocycles. The van der Waals surface area contributed by atoms with Gasteiger partial charge in [0.1, 0.15) is 0 Å². The minimum atomic E-state index is -0.378. The summed E-state index contributed by atoms with van der Waals surface area (Å²) in [5.74, 6) is 1.14. The van der Waals surface area contributed by atoms with Gasteiger partial charge in [0.25, 0.3) is 5.91 Å². The summed E-state index contributed by atoms with van der Waals surface area (Å²) < 4.78 is 22.8. The van der Waals surface area contributed by atoms with E-state index in [1.807, 2.05) is 52.0 Å².